The normalized spacial score (nSPS) is 11.8. The van der Waals surface area contributed by atoms with E-state index in [1.165, 1.54) is 7.11 Å². The van der Waals surface area contributed by atoms with Crippen LogP contribution in [0, 0.1) is 0 Å². The van der Waals surface area contributed by atoms with Crippen LogP contribution in [0.1, 0.15) is 18.6 Å². The Labute approximate surface area is 128 Å². The molecule has 0 saturated heterocycles. The second kappa shape index (κ2) is 7.46. The van der Waals surface area contributed by atoms with Crippen molar-refractivity contribution in [3.8, 4) is 5.75 Å². The number of hydrogen-bond donors (Lipinski definition) is 3. The topological polar surface area (TPSA) is 88.4 Å². The van der Waals surface area contributed by atoms with Crippen LogP contribution in [-0.4, -0.2) is 34.6 Å². The van der Waals surface area contributed by atoms with Gasteiger partial charge in [0.15, 0.2) is 0 Å². The summed E-state index contributed by atoms with van der Waals surface area (Å²) in [6.07, 6.45) is 2.45. The number of benzene rings is 1. The molecule has 1 heterocycles. The number of aryl methyl sites for hydroxylation is 1. The molecule has 2 amide bonds. The minimum atomic E-state index is -0.847. The van der Waals surface area contributed by atoms with Crippen LogP contribution in [0.25, 0.3) is 0 Å². The molecule has 0 radical (unpaired) electrons. The van der Waals surface area contributed by atoms with Gasteiger partial charge in [-0.1, -0.05) is 18.2 Å². The third-order valence-corrected chi connectivity index (χ3v) is 3.17. The Balaban J connectivity index is 1.87. The number of aliphatic hydroxyl groups excluding tert-OH is 1. The molecule has 0 unspecified atom stereocenters. The third-order valence-electron chi connectivity index (χ3n) is 3.17. The maximum Gasteiger partial charge on any atom is 0.319 e. The number of nitrogens with one attached hydrogen (secondary N) is 2. The zero-order chi connectivity index (χ0) is 15.9. The van der Waals surface area contributed by atoms with Crippen molar-refractivity contribution in [2.45, 2.75) is 19.6 Å². The Bertz CT molecular complexity index is 627. The highest BCUT2D eigenvalue weighted by Gasteiger charge is 2.14. The van der Waals surface area contributed by atoms with Crippen LogP contribution in [-0.2, 0) is 6.54 Å². The van der Waals surface area contributed by atoms with E-state index in [0.29, 0.717) is 17.0 Å². The molecule has 7 nitrogen and oxygen atoms in total. The van der Waals surface area contributed by atoms with Crippen molar-refractivity contribution in [2.24, 2.45) is 0 Å². The molecule has 1 aromatic carbocycles. The van der Waals surface area contributed by atoms with Crippen LogP contribution < -0.4 is 15.4 Å². The van der Waals surface area contributed by atoms with Gasteiger partial charge in [0.05, 0.1) is 25.1 Å². The molecule has 118 valence electrons. The smallest absolute Gasteiger partial charge is 0.319 e. The fraction of sp³-hybridized carbons (Fsp3) is 0.333. The lowest BCUT2D eigenvalue weighted by Gasteiger charge is -2.15. The summed E-state index contributed by atoms with van der Waals surface area (Å²) in [6, 6.07) is 6.75. The molecular formula is C15H20N4O3. The number of carbonyl (C=O) groups excluding carboxylic acids is 1. The highest BCUT2D eigenvalue weighted by atomic mass is 16.5. The van der Waals surface area contributed by atoms with Crippen LogP contribution in [0.15, 0.2) is 36.7 Å². The van der Waals surface area contributed by atoms with E-state index in [9.17, 15) is 9.90 Å². The number of carbonyl (C=O) groups is 1. The summed E-state index contributed by atoms with van der Waals surface area (Å²) in [7, 11) is 1.54. The number of methoxy groups -OCH3 is 1. The second-order valence-electron chi connectivity index (χ2n) is 4.68. The lowest BCUT2D eigenvalue weighted by molar-refractivity contribution is 0.171. The van der Waals surface area contributed by atoms with Crippen LogP contribution >= 0.6 is 0 Å². The summed E-state index contributed by atoms with van der Waals surface area (Å²) < 4.78 is 6.89. The van der Waals surface area contributed by atoms with Crippen molar-refractivity contribution in [1.29, 1.82) is 0 Å². The van der Waals surface area contributed by atoms with Crippen molar-refractivity contribution in [3.05, 3.63) is 42.2 Å². The number of aromatic nitrogens is 2. The molecule has 0 saturated carbocycles. The van der Waals surface area contributed by atoms with Crippen LogP contribution in [0.4, 0.5) is 10.5 Å². The van der Waals surface area contributed by atoms with E-state index in [1.54, 1.807) is 35.3 Å². The fourth-order valence-electron chi connectivity index (χ4n) is 2.02. The Morgan fingerprint density at radius 2 is 2.23 bits per heavy atom. The number of ether oxygens (including phenoxy) is 1. The van der Waals surface area contributed by atoms with Gasteiger partial charge < -0.3 is 20.5 Å². The van der Waals surface area contributed by atoms with Gasteiger partial charge in [0.2, 0.25) is 0 Å². The molecule has 2 aromatic rings. The van der Waals surface area contributed by atoms with Gasteiger partial charge in [0.1, 0.15) is 5.75 Å². The number of hydrogen-bond acceptors (Lipinski definition) is 4. The molecule has 0 aliphatic carbocycles. The Hall–Kier alpha value is -2.54. The zero-order valence-corrected chi connectivity index (χ0v) is 12.6. The summed E-state index contributed by atoms with van der Waals surface area (Å²) in [5.41, 5.74) is 1.23. The molecule has 22 heavy (non-hydrogen) atoms. The van der Waals surface area contributed by atoms with Gasteiger partial charge in [-0.05, 0) is 13.0 Å². The summed E-state index contributed by atoms with van der Waals surface area (Å²) in [6.45, 7) is 2.77. The summed E-state index contributed by atoms with van der Waals surface area (Å²) in [4.78, 5) is 11.8. The number of urea groups is 1. The van der Waals surface area contributed by atoms with Crippen LogP contribution in [0.5, 0.6) is 5.75 Å². The Kier molecular flexibility index (Phi) is 5.37. The first kappa shape index (κ1) is 15.8. The molecule has 1 atom stereocenters. The Morgan fingerprint density at radius 1 is 1.45 bits per heavy atom. The molecule has 0 spiro atoms. The maximum atomic E-state index is 11.8. The quantitative estimate of drug-likeness (QED) is 0.759. The van der Waals surface area contributed by atoms with E-state index in [0.717, 1.165) is 6.54 Å². The first-order valence-electron chi connectivity index (χ1n) is 7.02. The minimum Gasteiger partial charge on any atom is -0.496 e. The van der Waals surface area contributed by atoms with E-state index in [1.807, 2.05) is 13.0 Å². The van der Waals surface area contributed by atoms with E-state index in [-0.39, 0.29) is 6.54 Å². The van der Waals surface area contributed by atoms with E-state index < -0.39 is 12.1 Å². The second-order valence-corrected chi connectivity index (χ2v) is 4.68. The van der Waals surface area contributed by atoms with Gasteiger partial charge in [0.25, 0.3) is 0 Å². The van der Waals surface area contributed by atoms with Gasteiger partial charge in [0, 0.05) is 24.8 Å². The SMILES string of the molecule is CCn1cc(NC(=O)NC[C@H](O)c2ccccc2OC)cn1. The average molecular weight is 304 g/mol. The van der Waals surface area contributed by atoms with Gasteiger partial charge in [-0.2, -0.15) is 5.10 Å². The van der Waals surface area contributed by atoms with Crippen LogP contribution in [0.2, 0.25) is 0 Å². The third kappa shape index (κ3) is 3.98. The summed E-state index contributed by atoms with van der Waals surface area (Å²) >= 11 is 0. The highest BCUT2D eigenvalue weighted by Crippen LogP contribution is 2.23. The van der Waals surface area contributed by atoms with E-state index in [2.05, 4.69) is 15.7 Å². The summed E-state index contributed by atoms with van der Waals surface area (Å²) in [5, 5.41) is 19.5. The fourth-order valence-corrected chi connectivity index (χ4v) is 2.02. The first-order valence-corrected chi connectivity index (χ1v) is 7.02. The number of nitrogens with zero attached hydrogens (tertiary/aromatic N) is 2. The maximum absolute atomic E-state index is 11.8. The molecule has 0 aliphatic rings. The number of amides is 2. The monoisotopic (exact) mass is 304 g/mol. The lowest BCUT2D eigenvalue weighted by Crippen LogP contribution is -2.32. The standard InChI is InChI=1S/C15H20N4O3/c1-3-19-10-11(8-17-19)18-15(21)16-9-13(20)12-6-4-5-7-14(12)22-2/h4-8,10,13,20H,3,9H2,1-2H3,(H2,16,18,21)/t13-/m0/s1. The van der Waals surface area contributed by atoms with Crippen LogP contribution in [0.3, 0.4) is 0 Å². The molecule has 3 N–H and O–H groups in total. The summed E-state index contributed by atoms with van der Waals surface area (Å²) in [5.74, 6) is 0.585. The molecule has 7 heteroatoms. The number of aliphatic hydroxyl groups is 1. The van der Waals surface area contributed by atoms with E-state index >= 15 is 0 Å². The number of para-hydroxylation sites is 1. The van der Waals surface area contributed by atoms with Crippen molar-refractivity contribution in [2.75, 3.05) is 19.0 Å². The zero-order valence-electron chi connectivity index (χ0n) is 12.6. The predicted molar refractivity (Wildman–Crippen MR) is 82.9 cm³/mol. The molecular weight excluding hydrogens is 284 g/mol. The van der Waals surface area contributed by atoms with E-state index in [4.69, 9.17) is 4.74 Å². The minimum absolute atomic E-state index is 0.0775. The van der Waals surface area contributed by atoms with Crippen molar-refractivity contribution >= 4 is 11.7 Å². The largest absolute Gasteiger partial charge is 0.496 e. The molecule has 2 rings (SSSR count). The molecule has 0 bridgehead atoms. The van der Waals surface area contributed by atoms with Gasteiger partial charge in [-0.25, -0.2) is 4.79 Å². The predicted octanol–water partition coefficient (Wildman–Crippen LogP) is 1.77. The van der Waals surface area contributed by atoms with Gasteiger partial charge in [-0.15, -0.1) is 0 Å². The number of anilines is 1. The van der Waals surface area contributed by atoms with Gasteiger partial charge in [-0.3, -0.25) is 4.68 Å². The number of rotatable bonds is 6. The van der Waals surface area contributed by atoms with Crippen molar-refractivity contribution in [1.82, 2.24) is 15.1 Å². The Morgan fingerprint density at radius 3 is 2.91 bits per heavy atom. The molecule has 1 aromatic heterocycles. The van der Waals surface area contributed by atoms with Crippen molar-refractivity contribution in [3.63, 3.8) is 0 Å². The molecule has 0 aliphatic heterocycles. The highest BCUT2D eigenvalue weighted by molar-refractivity contribution is 5.88. The van der Waals surface area contributed by atoms with Crippen molar-refractivity contribution < 1.29 is 14.6 Å². The lowest BCUT2D eigenvalue weighted by atomic mass is 10.1. The average Bonchev–Trinajstić information content (AvgIpc) is 3.00. The molecule has 0 fully saturated rings. The van der Waals surface area contributed by atoms with Gasteiger partial charge >= 0.3 is 6.03 Å². The first-order chi connectivity index (χ1) is 10.6.